The molecule has 0 aromatic rings. The number of hydrogen-bond acceptors (Lipinski definition) is 4. The van der Waals surface area contributed by atoms with E-state index in [0.29, 0.717) is 12.8 Å². The maximum atomic E-state index is 12.9. The molecule has 11 heteroatoms. The molecular weight excluding hydrogens is 501 g/mol. The van der Waals surface area contributed by atoms with Crippen LogP contribution in [0.2, 0.25) is 0 Å². The Bertz CT molecular complexity index is 512. The van der Waals surface area contributed by atoms with Gasteiger partial charge >= 0.3 is 18.3 Å². The predicted molar refractivity (Wildman–Crippen MR) is 92.1 cm³/mol. The Morgan fingerprint density at radius 3 is 2.19 bits per heavy atom. The molecule has 2 aliphatic heterocycles. The van der Waals surface area contributed by atoms with Crippen molar-refractivity contribution in [3.05, 3.63) is 0 Å². The van der Waals surface area contributed by atoms with Gasteiger partial charge in [-0.05, 0) is 31.6 Å². The highest BCUT2D eigenvalue weighted by Crippen LogP contribution is 2.57. The van der Waals surface area contributed by atoms with Gasteiger partial charge in [-0.3, -0.25) is 4.79 Å². The molecule has 5 atom stereocenters. The van der Waals surface area contributed by atoms with Crippen molar-refractivity contribution in [3.63, 3.8) is 0 Å². The Kier molecular flexibility index (Phi) is 6.75. The Morgan fingerprint density at radius 1 is 1.19 bits per heavy atom. The van der Waals surface area contributed by atoms with Crippen molar-refractivity contribution in [1.82, 2.24) is 0 Å². The molecule has 0 saturated carbocycles. The number of carbonyl (C=O) groups is 1. The van der Waals surface area contributed by atoms with Crippen molar-refractivity contribution in [2.24, 2.45) is 11.8 Å². The maximum Gasteiger partial charge on any atom is 0.426 e. The van der Waals surface area contributed by atoms with Gasteiger partial charge in [0.25, 0.3) is 5.60 Å². The van der Waals surface area contributed by atoms with E-state index in [1.54, 1.807) is 6.92 Å². The number of halogens is 7. The van der Waals surface area contributed by atoms with Crippen LogP contribution < -0.4 is 0 Å². The predicted octanol–water partition coefficient (Wildman–Crippen LogP) is 4.50. The fourth-order valence-corrected chi connectivity index (χ4v) is 5.74. The van der Waals surface area contributed by atoms with Crippen LogP contribution in [0.4, 0.5) is 26.3 Å². The Balaban J connectivity index is 2.05. The van der Waals surface area contributed by atoms with E-state index in [0.717, 1.165) is 0 Å². The third-order valence-electron chi connectivity index (χ3n) is 4.96. The smallest absolute Gasteiger partial charge is 0.426 e. The zero-order chi connectivity index (χ0) is 19.9. The SMILES string of the molecule is CCC(I)C(=O)OCC1CC2CC(CC(O)(C(F)(F)F)C(F)(F)F)C1S2. The lowest BCUT2D eigenvalue weighted by Crippen LogP contribution is -2.58. The van der Waals surface area contributed by atoms with Crippen molar-refractivity contribution >= 4 is 40.3 Å². The molecule has 1 N–H and O–H groups in total. The number of hydrogen-bond donors (Lipinski definition) is 1. The highest BCUT2D eigenvalue weighted by molar-refractivity contribution is 14.1. The number of carbonyl (C=O) groups excluding carboxylic acids is 1. The topological polar surface area (TPSA) is 46.5 Å². The molecule has 0 amide bonds. The minimum atomic E-state index is -5.80. The number of thioether (sulfide) groups is 1. The van der Waals surface area contributed by atoms with Crippen LogP contribution in [0.1, 0.15) is 32.6 Å². The van der Waals surface area contributed by atoms with Gasteiger partial charge in [-0.1, -0.05) is 29.5 Å². The first-order valence-electron chi connectivity index (χ1n) is 8.12. The van der Waals surface area contributed by atoms with Gasteiger partial charge in [0, 0.05) is 16.4 Å². The van der Waals surface area contributed by atoms with Gasteiger partial charge in [-0.15, -0.1) is 0 Å². The van der Waals surface area contributed by atoms with E-state index in [9.17, 15) is 36.2 Å². The summed E-state index contributed by atoms with van der Waals surface area (Å²) in [6, 6.07) is 0. The average Bonchev–Trinajstić information content (AvgIpc) is 3.09. The molecule has 0 spiro atoms. The zero-order valence-corrected chi connectivity index (χ0v) is 16.7. The molecule has 2 saturated heterocycles. The lowest BCUT2D eigenvalue weighted by atomic mass is 9.76. The standard InChI is InChI=1S/C15H19F6IO3S/c1-2-10(22)12(23)25-6-8-4-9-3-7(11(8)26-9)5-13(24,14(16,17)18)15(19,20)21/h7-11,24H,2-6H2,1H3. The lowest BCUT2D eigenvalue weighted by Gasteiger charge is -2.37. The summed E-state index contributed by atoms with van der Waals surface area (Å²) >= 11 is 3.25. The molecule has 2 rings (SSSR count). The number of rotatable bonds is 6. The molecule has 0 aromatic heterocycles. The summed E-state index contributed by atoms with van der Waals surface area (Å²) < 4.78 is 82.4. The number of alkyl halides is 7. The Labute approximate surface area is 164 Å². The van der Waals surface area contributed by atoms with E-state index in [2.05, 4.69) is 0 Å². The van der Waals surface area contributed by atoms with Crippen molar-refractivity contribution in [3.8, 4) is 0 Å². The zero-order valence-electron chi connectivity index (χ0n) is 13.7. The highest BCUT2D eigenvalue weighted by atomic mass is 127. The average molecular weight is 520 g/mol. The van der Waals surface area contributed by atoms with Gasteiger partial charge in [0.15, 0.2) is 0 Å². The van der Waals surface area contributed by atoms with Crippen LogP contribution in [0.15, 0.2) is 0 Å². The fourth-order valence-electron chi connectivity index (χ4n) is 3.56. The van der Waals surface area contributed by atoms with Crippen LogP contribution in [-0.2, 0) is 9.53 Å². The van der Waals surface area contributed by atoms with Gasteiger partial charge < -0.3 is 9.84 Å². The van der Waals surface area contributed by atoms with Crippen molar-refractivity contribution in [1.29, 1.82) is 0 Å². The van der Waals surface area contributed by atoms with Gasteiger partial charge in [-0.25, -0.2) is 0 Å². The molecule has 5 unspecified atom stereocenters. The largest absolute Gasteiger partial charge is 0.465 e. The molecule has 0 aliphatic carbocycles. The van der Waals surface area contributed by atoms with Crippen LogP contribution in [-0.4, -0.2) is 50.1 Å². The van der Waals surface area contributed by atoms with Gasteiger partial charge in [0.05, 0.1) is 6.61 Å². The summed E-state index contributed by atoms with van der Waals surface area (Å²) in [6.45, 7) is 1.79. The normalized spacial score (nSPS) is 30.5. The number of fused-ring (bicyclic) bond motifs is 2. The monoisotopic (exact) mass is 520 g/mol. The Hall–Kier alpha value is 0.0900. The quantitative estimate of drug-likeness (QED) is 0.243. The lowest BCUT2D eigenvalue weighted by molar-refractivity contribution is -0.372. The third-order valence-corrected chi connectivity index (χ3v) is 8.20. The molecule has 2 heterocycles. The number of aliphatic hydroxyl groups is 1. The summed E-state index contributed by atoms with van der Waals surface area (Å²) in [7, 11) is 0. The maximum absolute atomic E-state index is 12.9. The minimum Gasteiger partial charge on any atom is -0.465 e. The van der Waals surface area contributed by atoms with E-state index in [4.69, 9.17) is 4.74 Å². The van der Waals surface area contributed by atoms with Crippen LogP contribution in [0.3, 0.4) is 0 Å². The molecule has 2 fully saturated rings. The number of ether oxygens (including phenoxy) is 1. The van der Waals surface area contributed by atoms with E-state index >= 15 is 0 Å². The third kappa shape index (κ3) is 4.39. The fraction of sp³-hybridized carbons (Fsp3) is 0.933. The summed E-state index contributed by atoms with van der Waals surface area (Å²) in [5.41, 5.74) is -4.72. The second kappa shape index (κ2) is 7.84. The van der Waals surface area contributed by atoms with Gasteiger partial charge in [0.2, 0.25) is 0 Å². The first kappa shape index (κ1) is 22.4. The molecule has 3 nitrogen and oxygen atoms in total. The van der Waals surface area contributed by atoms with Crippen LogP contribution >= 0.6 is 34.4 Å². The Morgan fingerprint density at radius 2 is 1.73 bits per heavy atom. The van der Waals surface area contributed by atoms with Crippen molar-refractivity contribution in [2.75, 3.05) is 6.61 Å². The first-order valence-corrected chi connectivity index (χ1v) is 10.3. The van der Waals surface area contributed by atoms with Crippen molar-refractivity contribution < 1.29 is 41.0 Å². The molecular formula is C15H19F6IO3S. The van der Waals surface area contributed by atoms with E-state index in [1.165, 1.54) is 11.8 Å². The first-order chi connectivity index (χ1) is 11.8. The van der Waals surface area contributed by atoms with Crippen LogP contribution in [0.5, 0.6) is 0 Å². The minimum absolute atomic E-state index is 0.0144. The molecule has 0 aromatic carbocycles. The summed E-state index contributed by atoms with van der Waals surface area (Å²) in [4.78, 5) is 11.7. The highest BCUT2D eigenvalue weighted by Gasteiger charge is 2.71. The van der Waals surface area contributed by atoms with E-state index in [-0.39, 0.29) is 28.1 Å². The van der Waals surface area contributed by atoms with Crippen LogP contribution in [0.25, 0.3) is 0 Å². The summed E-state index contributed by atoms with van der Waals surface area (Å²) in [5.74, 6) is -1.66. The second-order valence-corrected chi connectivity index (χ2v) is 9.77. The van der Waals surface area contributed by atoms with Gasteiger partial charge in [-0.2, -0.15) is 38.1 Å². The van der Waals surface area contributed by atoms with Gasteiger partial charge in [0.1, 0.15) is 3.92 Å². The van der Waals surface area contributed by atoms with Crippen molar-refractivity contribution in [2.45, 2.75) is 65.0 Å². The molecule has 0 radical (unpaired) electrons. The van der Waals surface area contributed by atoms with E-state index in [1.807, 2.05) is 22.6 Å². The molecule has 26 heavy (non-hydrogen) atoms. The summed E-state index contributed by atoms with van der Waals surface area (Å²) in [6.07, 6.45) is -11.7. The summed E-state index contributed by atoms with van der Waals surface area (Å²) in [5, 5.41) is 8.88. The molecule has 2 aliphatic rings. The van der Waals surface area contributed by atoms with E-state index < -0.39 is 41.5 Å². The molecule has 2 bridgehead atoms. The number of esters is 1. The second-order valence-electron chi connectivity index (χ2n) is 6.78. The van der Waals surface area contributed by atoms with Crippen LogP contribution in [0, 0.1) is 11.8 Å². The molecule has 152 valence electrons.